The van der Waals surface area contributed by atoms with Crippen molar-refractivity contribution < 1.29 is 42.5 Å². The van der Waals surface area contributed by atoms with Crippen LogP contribution in [0.2, 0.25) is 0 Å². The molecule has 1 aliphatic rings. The van der Waals surface area contributed by atoms with E-state index in [1.807, 2.05) is 24.3 Å². The topological polar surface area (TPSA) is 146 Å². The van der Waals surface area contributed by atoms with Crippen LogP contribution in [0, 0.1) is 11.7 Å². The number of esters is 1. The van der Waals surface area contributed by atoms with Gasteiger partial charge in [0, 0.05) is 42.2 Å². The van der Waals surface area contributed by atoms with Crippen LogP contribution in [-0.4, -0.2) is 76.0 Å². The van der Waals surface area contributed by atoms with E-state index in [4.69, 9.17) is 23.7 Å². The molecule has 2 heterocycles. The maximum atomic E-state index is 15.6. The maximum absolute atomic E-state index is 15.6. The predicted molar refractivity (Wildman–Crippen MR) is 228 cm³/mol. The van der Waals surface area contributed by atoms with Crippen molar-refractivity contribution in [1.29, 1.82) is 0 Å². The molecule has 3 N–H and O–H groups in total. The molecule has 0 saturated heterocycles. The Morgan fingerprint density at radius 2 is 1.63 bits per heavy atom. The fraction of sp³-hybridized carbons (Fsp3) is 0.348. The first-order valence-corrected chi connectivity index (χ1v) is 20.9. The van der Waals surface area contributed by atoms with Crippen LogP contribution in [-0.2, 0) is 43.1 Å². The Hall–Kier alpha value is -5.67. The molecule has 14 heteroatoms. The molecule has 0 aliphatic carbocycles. The number of hydrogen-bond acceptors (Lipinski definition) is 11. The molecule has 1 atom stereocenters. The Labute approximate surface area is 353 Å². The summed E-state index contributed by atoms with van der Waals surface area (Å²) in [4.78, 5) is 41.3. The lowest BCUT2D eigenvalue weighted by Gasteiger charge is -2.28. The maximum Gasteiger partial charge on any atom is 0.337 e. The number of amides is 2. The molecule has 0 bridgehead atoms. The van der Waals surface area contributed by atoms with Crippen LogP contribution >= 0.6 is 11.3 Å². The summed E-state index contributed by atoms with van der Waals surface area (Å²) in [6.45, 7) is 6.95. The van der Waals surface area contributed by atoms with Gasteiger partial charge < -0.3 is 39.6 Å². The summed E-state index contributed by atoms with van der Waals surface area (Å²) in [7, 11) is 1.30. The van der Waals surface area contributed by atoms with Crippen LogP contribution in [0.25, 0.3) is 11.1 Å². The lowest BCUT2D eigenvalue weighted by molar-refractivity contribution is -0.120. The van der Waals surface area contributed by atoms with Gasteiger partial charge in [0.1, 0.15) is 18.2 Å². The number of hydrogen-bond donors (Lipinski definition) is 3. The second-order valence-corrected chi connectivity index (χ2v) is 15.6. The highest BCUT2D eigenvalue weighted by molar-refractivity contribution is 7.13. The Morgan fingerprint density at radius 1 is 0.883 bits per heavy atom. The molecule has 2 amide bonds. The fourth-order valence-electron chi connectivity index (χ4n) is 6.80. The van der Waals surface area contributed by atoms with Gasteiger partial charge in [-0.15, -0.1) is 11.3 Å². The highest BCUT2D eigenvalue weighted by atomic mass is 32.1. The van der Waals surface area contributed by atoms with Gasteiger partial charge in [0.25, 0.3) is 0 Å². The Bertz CT molecular complexity index is 2180. The second kappa shape index (κ2) is 22.1. The largest absolute Gasteiger partial charge is 0.487 e. The van der Waals surface area contributed by atoms with Crippen LogP contribution in [0.3, 0.4) is 0 Å². The van der Waals surface area contributed by atoms with Crippen molar-refractivity contribution in [3.05, 3.63) is 124 Å². The number of carbonyl (C=O) groups excluding carboxylic acids is 3. The number of aromatic nitrogens is 1. The van der Waals surface area contributed by atoms with Gasteiger partial charge in [-0.1, -0.05) is 50.2 Å². The number of fused-ring (bicyclic) bond motifs is 1. The number of ether oxygens (including phenoxy) is 5. The molecule has 1 aromatic heterocycles. The third-order valence-corrected chi connectivity index (χ3v) is 10.4. The third-order valence-electron chi connectivity index (χ3n) is 9.68. The van der Waals surface area contributed by atoms with Crippen LogP contribution in [0.1, 0.15) is 58.9 Å². The first kappa shape index (κ1) is 43.9. The number of nitrogens with zero attached hydrogens (tertiary/aromatic N) is 1. The van der Waals surface area contributed by atoms with Crippen molar-refractivity contribution in [3.63, 3.8) is 0 Å². The standard InChI is InChI=1S/C46H51FN4O8S/c1-30(2)24-31-4-6-32(7-5-31)25-43(52)49-16-18-56-19-20-57-21-22-58-41-26-35-14-15-48-40(29-44(53)51-46-50-17-23-60-46)38(35)28-42(41)59-36-12-13-37(39(47)27-36)33-8-10-34(11-9-33)45(54)55-3/h4-13,17,23,26-28,30,40,48H,14-16,18-22,24-25,29H2,1-3H3,(H,49,52)(H,50,51,53). The van der Waals surface area contributed by atoms with Crippen molar-refractivity contribution in [3.8, 4) is 28.4 Å². The Kier molecular flexibility index (Phi) is 16.2. The smallest absolute Gasteiger partial charge is 0.337 e. The monoisotopic (exact) mass is 838 g/mol. The number of nitrogens with one attached hydrogen (secondary N) is 3. The summed E-state index contributed by atoms with van der Waals surface area (Å²) in [6, 6.07) is 22.7. The van der Waals surface area contributed by atoms with Crippen molar-refractivity contribution in [2.45, 2.75) is 45.6 Å². The van der Waals surface area contributed by atoms with Crippen LogP contribution in [0.5, 0.6) is 17.2 Å². The molecule has 6 rings (SSSR count). The Morgan fingerprint density at radius 3 is 2.35 bits per heavy atom. The van der Waals surface area contributed by atoms with E-state index in [1.54, 1.807) is 48.0 Å². The first-order valence-electron chi connectivity index (χ1n) is 20.0. The van der Waals surface area contributed by atoms with E-state index in [0.717, 1.165) is 23.1 Å². The number of rotatable bonds is 21. The molecule has 12 nitrogen and oxygen atoms in total. The minimum Gasteiger partial charge on any atom is -0.487 e. The van der Waals surface area contributed by atoms with E-state index in [2.05, 4.69) is 46.9 Å². The molecule has 4 aromatic carbocycles. The second-order valence-electron chi connectivity index (χ2n) is 14.7. The van der Waals surface area contributed by atoms with Gasteiger partial charge in [0.05, 0.1) is 45.5 Å². The molecule has 1 aliphatic heterocycles. The highest BCUT2D eigenvalue weighted by Gasteiger charge is 2.26. The van der Waals surface area contributed by atoms with Crippen molar-refractivity contribution in [1.82, 2.24) is 15.6 Å². The van der Waals surface area contributed by atoms with E-state index in [9.17, 15) is 14.4 Å². The lowest BCUT2D eigenvalue weighted by Crippen LogP contribution is -2.32. The van der Waals surface area contributed by atoms with E-state index in [-0.39, 0.29) is 43.2 Å². The summed E-state index contributed by atoms with van der Waals surface area (Å²) in [5.74, 6) is 0.409. The van der Waals surface area contributed by atoms with Crippen molar-refractivity contribution in [2.75, 3.05) is 58.6 Å². The number of methoxy groups -OCH3 is 1. The summed E-state index contributed by atoms with van der Waals surface area (Å²) in [5, 5.41) is 11.5. The number of halogens is 1. The zero-order valence-electron chi connectivity index (χ0n) is 34.1. The number of anilines is 1. The van der Waals surface area contributed by atoms with Crippen LogP contribution in [0.15, 0.2) is 90.4 Å². The molecular formula is C46H51FN4O8S. The van der Waals surface area contributed by atoms with E-state index in [1.165, 1.54) is 30.1 Å². The Balaban J connectivity index is 1.02. The number of carbonyl (C=O) groups is 3. The summed E-state index contributed by atoms with van der Waals surface area (Å²) >= 11 is 1.35. The molecule has 0 radical (unpaired) electrons. The molecule has 316 valence electrons. The van der Waals surface area contributed by atoms with Crippen LogP contribution in [0.4, 0.5) is 9.52 Å². The summed E-state index contributed by atoms with van der Waals surface area (Å²) < 4.78 is 44.2. The molecule has 1 unspecified atom stereocenters. The lowest BCUT2D eigenvalue weighted by atomic mass is 9.91. The average molecular weight is 839 g/mol. The van der Waals surface area contributed by atoms with Crippen LogP contribution < -0.4 is 25.4 Å². The molecule has 0 saturated carbocycles. The zero-order chi connectivity index (χ0) is 42.3. The molecule has 60 heavy (non-hydrogen) atoms. The van der Waals surface area contributed by atoms with Gasteiger partial charge in [-0.05, 0) is 89.5 Å². The summed E-state index contributed by atoms with van der Waals surface area (Å²) in [6.07, 6.45) is 3.84. The highest BCUT2D eigenvalue weighted by Crippen LogP contribution is 2.40. The number of thiazole rings is 1. The fourth-order valence-corrected chi connectivity index (χ4v) is 7.34. The number of benzene rings is 4. The zero-order valence-corrected chi connectivity index (χ0v) is 34.9. The van der Waals surface area contributed by atoms with Gasteiger partial charge >= 0.3 is 5.97 Å². The van der Waals surface area contributed by atoms with Gasteiger partial charge in [0.15, 0.2) is 16.6 Å². The third kappa shape index (κ3) is 12.9. The van der Waals surface area contributed by atoms with Gasteiger partial charge in [-0.25, -0.2) is 14.2 Å². The van der Waals surface area contributed by atoms with Crippen molar-refractivity contribution in [2.24, 2.45) is 5.92 Å². The molecule has 0 fully saturated rings. The minimum absolute atomic E-state index is 0.0517. The van der Waals surface area contributed by atoms with Gasteiger partial charge in [-0.2, -0.15) is 0 Å². The quantitative estimate of drug-likeness (QED) is 0.0496. The normalized spacial score (nSPS) is 13.4. The molecule has 0 spiro atoms. The average Bonchev–Trinajstić information content (AvgIpc) is 3.75. The van der Waals surface area contributed by atoms with E-state index >= 15 is 4.39 Å². The molecular weight excluding hydrogens is 788 g/mol. The SMILES string of the molecule is COC(=O)c1ccc(-c2ccc(Oc3cc4c(cc3OCCOCCOCCNC(=O)Cc3ccc(CC(C)C)cc3)CCNC4CC(=O)Nc3nccs3)cc2F)cc1. The van der Waals surface area contributed by atoms with Gasteiger partial charge in [0.2, 0.25) is 11.8 Å². The van der Waals surface area contributed by atoms with Gasteiger partial charge in [-0.3, -0.25) is 9.59 Å². The van der Waals surface area contributed by atoms with E-state index < -0.39 is 11.8 Å². The first-order chi connectivity index (χ1) is 29.1. The predicted octanol–water partition coefficient (Wildman–Crippen LogP) is 7.71. The van der Waals surface area contributed by atoms with Crippen molar-refractivity contribution >= 4 is 34.3 Å². The summed E-state index contributed by atoms with van der Waals surface area (Å²) in [5.41, 5.74) is 5.40. The minimum atomic E-state index is -0.516. The molecule has 5 aromatic rings. The van der Waals surface area contributed by atoms with E-state index in [0.29, 0.717) is 85.0 Å².